The number of benzene rings is 2. The zero-order valence-corrected chi connectivity index (χ0v) is 16.7. The van der Waals surface area contributed by atoms with Crippen LogP contribution < -0.4 is 19.3 Å². The second-order valence-electron chi connectivity index (χ2n) is 6.22. The lowest BCUT2D eigenvalue weighted by atomic mass is 10.2. The van der Waals surface area contributed by atoms with E-state index in [0.717, 1.165) is 10.6 Å². The molecule has 0 fully saturated rings. The molecule has 9 heteroatoms. The molecule has 0 radical (unpaired) electrons. The SMILES string of the molecule is COc1ccc(Oc2ccc(N(Cc3cccn(O)c3=O)S(C)(=O)=O)cc2)cc1. The Kier molecular flexibility index (Phi) is 5.79. The van der Waals surface area contributed by atoms with Gasteiger partial charge in [-0.3, -0.25) is 9.10 Å². The summed E-state index contributed by atoms with van der Waals surface area (Å²) in [6, 6.07) is 16.4. The van der Waals surface area contributed by atoms with E-state index in [2.05, 4.69) is 0 Å². The minimum atomic E-state index is -3.68. The first-order valence-corrected chi connectivity index (χ1v) is 10.4. The number of sulfonamides is 1. The monoisotopic (exact) mass is 416 g/mol. The molecular weight excluding hydrogens is 396 g/mol. The van der Waals surface area contributed by atoms with Crippen molar-refractivity contribution in [1.29, 1.82) is 0 Å². The van der Waals surface area contributed by atoms with Gasteiger partial charge in [0.05, 0.1) is 25.6 Å². The Balaban J connectivity index is 1.83. The van der Waals surface area contributed by atoms with Crippen molar-refractivity contribution in [3.05, 3.63) is 82.8 Å². The van der Waals surface area contributed by atoms with Crippen molar-refractivity contribution in [2.24, 2.45) is 0 Å². The molecule has 0 atom stereocenters. The van der Waals surface area contributed by atoms with Gasteiger partial charge < -0.3 is 14.7 Å². The summed E-state index contributed by atoms with van der Waals surface area (Å²) in [6.45, 7) is -0.211. The van der Waals surface area contributed by atoms with Crippen molar-refractivity contribution in [1.82, 2.24) is 4.73 Å². The van der Waals surface area contributed by atoms with Crippen molar-refractivity contribution in [3.63, 3.8) is 0 Å². The number of pyridine rings is 1. The summed E-state index contributed by atoms with van der Waals surface area (Å²) in [5.74, 6) is 1.83. The van der Waals surface area contributed by atoms with Crippen LogP contribution in [0.2, 0.25) is 0 Å². The Labute approximate surface area is 168 Å². The highest BCUT2D eigenvalue weighted by molar-refractivity contribution is 7.92. The van der Waals surface area contributed by atoms with Crippen molar-refractivity contribution in [2.45, 2.75) is 6.54 Å². The summed E-state index contributed by atoms with van der Waals surface area (Å²) in [7, 11) is -2.10. The molecule has 0 saturated carbocycles. The van der Waals surface area contributed by atoms with Gasteiger partial charge in [0.2, 0.25) is 10.0 Å². The van der Waals surface area contributed by atoms with Crippen LogP contribution in [0.3, 0.4) is 0 Å². The van der Waals surface area contributed by atoms with Gasteiger partial charge in [-0.15, -0.1) is 0 Å². The third kappa shape index (κ3) is 4.88. The van der Waals surface area contributed by atoms with Gasteiger partial charge in [0.1, 0.15) is 17.2 Å². The van der Waals surface area contributed by atoms with Crippen molar-refractivity contribution < 1.29 is 23.1 Å². The zero-order valence-electron chi connectivity index (χ0n) is 15.8. The largest absolute Gasteiger partial charge is 0.497 e. The van der Waals surface area contributed by atoms with Crippen LogP contribution in [0.1, 0.15) is 5.56 Å². The minimum absolute atomic E-state index is 0.138. The van der Waals surface area contributed by atoms with Gasteiger partial charge in [-0.2, -0.15) is 4.73 Å². The van der Waals surface area contributed by atoms with E-state index in [1.807, 2.05) is 0 Å². The van der Waals surface area contributed by atoms with Crippen LogP contribution in [0.25, 0.3) is 0 Å². The third-order valence-electron chi connectivity index (χ3n) is 4.14. The number of hydrogen-bond donors (Lipinski definition) is 1. The standard InChI is InChI=1S/C20H20N2O6S/c1-27-17-9-11-19(12-10-17)28-18-7-5-16(6-8-18)22(29(2,25)26)14-15-4-3-13-21(24)20(15)23/h3-13,24H,14H2,1-2H3. The summed E-state index contributed by atoms with van der Waals surface area (Å²) >= 11 is 0. The molecule has 1 heterocycles. The quantitative estimate of drug-likeness (QED) is 0.595. The first kappa shape index (κ1) is 20.3. The molecule has 0 aliphatic rings. The van der Waals surface area contributed by atoms with E-state index in [1.165, 1.54) is 18.3 Å². The maximum atomic E-state index is 12.3. The van der Waals surface area contributed by atoms with Gasteiger partial charge in [-0.25, -0.2) is 8.42 Å². The fourth-order valence-electron chi connectivity index (χ4n) is 2.66. The Bertz CT molecular complexity index is 1140. The normalized spacial score (nSPS) is 11.1. The van der Waals surface area contributed by atoms with Crippen LogP contribution in [0, 0.1) is 0 Å². The van der Waals surface area contributed by atoms with E-state index < -0.39 is 15.6 Å². The minimum Gasteiger partial charge on any atom is -0.497 e. The fourth-order valence-corrected chi connectivity index (χ4v) is 3.54. The molecule has 3 aromatic rings. The first-order valence-electron chi connectivity index (χ1n) is 8.57. The van der Waals surface area contributed by atoms with Crippen LogP contribution in [0.15, 0.2) is 71.7 Å². The zero-order chi connectivity index (χ0) is 21.0. The number of anilines is 1. The lowest BCUT2D eigenvalue weighted by Crippen LogP contribution is -2.33. The van der Waals surface area contributed by atoms with Crippen molar-refractivity contribution in [3.8, 4) is 17.2 Å². The van der Waals surface area contributed by atoms with E-state index in [0.29, 0.717) is 27.7 Å². The molecule has 0 amide bonds. The Hall–Kier alpha value is -3.46. The molecule has 0 bridgehead atoms. The van der Waals surface area contributed by atoms with Gasteiger partial charge in [0.15, 0.2) is 0 Å². The molecule has 0 spiro atoms. The van der Waals surface area contributed by atoms with Crippen LogP contribution in [0.4, 0.5) is 5.69 Å². The third-order valence-corrected chi connectivity index (χ3v) is 5.28. The first-order chi connectivity index (χ1) is 13.8. The average Bonchev–Trinajstić information content (AvgIpc) is 2.69. The highest BCUT2D eigenvalue weighted by atomic mass is 32.2. The van der Waals surface area contributed by atoms with E-state index in [9.17, 15) is 18.4 Å². The highest BCUT2D eigenvalue weighted by Gasteiger charge is 2.20. The summed E-state index contributed by atoms with van der Waals surface area (Å²) in [4.78, 5) is 12.0. The Morgan fingerprint density at radius 3 is 2.07 bits per heavy atom. The van der Waals surface area contributed by atoms with Crippen LogP contribution in [-0.2, 0) is 16.6 Å². The van der Waals surface area contributed by atoms with E-state index in [1.54, 1.807) is 55.6 Å². The van der Waals surface area contributed by atoms with Gasteiger partial charge in [0.25, 0.3) is 5.56 Å². The van der Waals surface area contributed by atoms with Crippen LogP contribution >= 0.6 is 0 Å². The molecule has 0 unspecified atom stereocenters. The van der Waals surface area contributed by atoms with E-state index in [-0.39, 0.29) is 12.1 Å². The van der Waals surface area contributed by atoms with Gasteiger partial charge >= 0.3 is 0 Å². The van der Waals surface area contributed by atoms with Gasteiger partial charge in [-0.05, 0) is 60.7 Å². The topological polar surface area (TPSA) is 98.1 Å². The highest BCUT2D eigenvalue weighted by Crippen LogP contribution is 2.27. The van der Waals surface area contributed by atoms with Gasteiger partial charge in [0, 0.05) is 11.8 Å². The van der Waals surface area contributed by atoms with Crippen molar-refractivity contribution in [2.75, 3.05) is 17.7 Å². The predicted molar refractivity (Wildman–Crippen MR) is 108 cm³/mol. The fraction of sp³-hybridized carbons (Fsp3) is 0.150. The lowest BCUT2D eigenvalue weighted by Gasteiger charge is -2.22. The van der Waals surface area contributed by atoms with Crippen LogP contribution in [-0.4, -0.2) is 31.7 Å². The maximum Gasteiger partial charge on any atom is 0.287 e. The van der Waals surface area contributed by atoms with Crippen molar-refractivity contribution >= 4 is 15.7 Å². The number of aromatic nitrogens is 1. The Morgan fingerprint density at radius 1 is 0.966 bits per heavy atom. The summed E-state index contributed by atoms with van der Waals surface area (Å²) in [5, 5.41) is 9.51. The smallest absolute Gasteiger partial charge is 0.287 e. The summed E-state index contributed by atoms with van der Waals surface area (Å²) in [6.07, 6.45) is 2.23. The molecular formula is C20H20N2O6S. The van der Waals surface area contributed by atoms with E-state index in [4.69, 9.17) is 9.47 Å². The summed E-state index contributed by atoms with van der Waals surface area (Å²) in [5.41, 5.74) is -0.179. The molecule has 0 saturated heterocycles. The summed E-state index contributed by atoms with van der Waals surface area (Å²) < 4.78 is 36.9. The molecule has 0 aliphatic heterocycles. The second-order valence-corrected chi connectivity index (χ2v) is 8.13. The Morgan fingerprint density at radius 2 is 1.52 bits per heavy atom. The molecule has 3 rings (SSSR count). The number of rotatable bonds is 7. The average molecular weight is 416 g/mol. The second kappa shape index (κ2) is 8.27. The number of ether oxygens (including phenoxy) is 2. The molecule has 1 N–H and O–H groups in total. The molecule has 1 aromatic heterocycles. The molecule has 152 valence electrons. The molecule has 8 nitrogen and oxygen atoms in total. The number of methoxy groups -OCH3 is 1. The molecule has 29 heavy (non-hydrogen) atoms. The number of nitrogens with zero attached hydrogens (tertiary/aromatic N) is 2. The maximum absolute atomic E-state index is 12.3. The molecule has 0 aliphatic carbocycles. The van der Waals surface area contributed by atoms with Crippen LogP contribution in [0.5, 0.6) is 17.2 Å². The lowest BCUT2D eigenvalue weighted by molar-refractivity contribution is 0.174. The van der Waals surface area contributed by atoms with Gasteiger partial charge in [-0.1, -0.05) is 0 Å². The number of hydrogen-bond acceptors (Lipinski definition) is 6. The predicted octanol–water partition coefficient (Wildman–Crippen LogP) is 2.85. The molecule has 2 aromatic carbocycles. The van der Waals surface area contributed by atoms with E-state index >= 15 is 0 Å².